The Labute approximate surface area is 126 Å². The molecule has 1 saturated heterocycles. The molecule has 0 atom stereocenters. The van der Waals surface area contributed by atoms with E-state index in [1.807, 2.05) is 0 Å². The third-order valence-corrected chi connectivity index (χ3v) is 4.86. The van der Waals surface area contributed by atoms with Crippen molar-refractivity contribution in [2.24, 2.45) is 0 Å². The Kier molecular flexibility index (Phi) is 4.66. The van der Waals surface area contributed by atoms with Crippen LogP contribution in [-0.4, -0.2) is 53.6 Å². The molecule has 1 aliphatic heterocycles. The summed E-state index contributed by atoms with van der Waals surface area (Å²) in [6, 6.07) is 0.993. The Bertz CT molecular complexity index is 389. The first-order valence-electron chi connectivity index (χ1n) is 8.48. The van der Waals surface area contributed by atoms with Gasteiger partial charge in [-0.1, -0.05) is 19.3 Å². The van der Waals surface area contributed by atoms with Crippen LogP contribution in [-0.2, 0) is 9.53 Å². The van der Waals surface area contributed by atoms with Crippen LogP contribution in [0.4, 0.5) is 4.79 Å². The summed E-state index contributed by atoms with van der Waals surface area (Å²) in [4.78, 5) is 27.8. The van der Waals surface area contributed by atoms with Crippen molar-refractivity contribution in [2.75, 3.05) is 19.7 Å². The molecule has 118 valence electrons. The van der Waals surface area contributed by atoms with E-state index in [1.165, 1.54) is 44.9 Å². The van der Waals surface area contributed by atoms with E-state index in [9.17, 15) is 9.59 Å². The maximum Gasteiger partial charge on any atom is 0.409 e. The van der Waals surface area contributed by atoms with Crippen LogP contribution >= 0.6 is 0 Å². The second-order valence-corrected chi connectivity index (χ2v) is 6.53. The number of ether oxygens (including phenoxy) is 1. The van der Waals surface area contributed by atoms with Gasteiger partial charge in [0.2, 0.25) is 5.91 Å². The summed E-state index contributed by atoms with van der Waals surface area (Å²) in [5, 5.41) is 0. The van der Waals surface area contributed by atoms with Gasteiger partial charge in [-0.25, -0.2) is 4.79 Å². The van der Waals surface area contributed by atoms with Gasteiger partial charge in [-0.15, -0.1) is 0 Å². The Morgan fingerprint density at radius 1 is 1.14 bits per heavy atom. The minimum atomic E-state index is -0.228. The number of cyclic esters (lactones) is 1. The normalized spacial score (nSPS) is 23.2. The van der Waals surface area contributed by atoms with Crippen LogP contribution in [0.2, 0.25) is 0 Å². The Morgan fingerprint density at radius 2 is 1.86 bits per heavy atom. The van der Waals surface area contributed by atoms with Crippen molar-refractivity contribution < 1.29 is 14.3 Å². The van der Waals surface area contributed by atoms with Gasteiger partial charge < -0.3 is 14.5 Å². The third kappa shape index (κ3) is 3.69. The highest BCUT2D eigenvalue weighted by molar-refractivity contribution is 5.77. The zero-order chi connectivity index (χ0) is 14.7. The number of hydrogen-bond donors (Lipinski definition) is 0. The number of carbonyl (C=O) groups excluding carboxylic acids is 2. The molecule has 0 aromatic carbocycles. The molecule has 3 rings (SSSR count). The van der Waals surface area contributed by atoms with Gasteiger partial charge in [0.1, 0.15) is 6.61 Å². The minimum absolute atomic E-state index is 0.228. The third-order valence-electron chi connectivity index (χ3n) is 4.86. The van der Waals surface area contributed by atoms with E-state index in [4.69, 9.17) is 4.74 Å². The molecule has 21 heavy (non-hydrogen) atoms. The van der Waals surface area contributed by atoms with Crippen molar-refractivity contribution >= 4 is 12.0 Å². The van der Waals surface area contributed by atoms with Gasteiger partial charge in [-0.05, 0) is 32.1 Å². The van der Waals surface area contributed by atoms with Crippen LogP contribution in [0, 0.1) is 0 Å². The fraction of sp³-hybridized carbons (Fsp3) is 0.875. The van der Waals surface area contributed by atoms with Crippen molar-refractivity contribution in [1.82, 2.24) is 9.80 Å². The first-order chi connectivity index (χ1) is 10.3. The van der Waals surface area contributed by atoms with Crippen LogP contribution in [0.15, 0.2) is 0 Å². The molecule has 0 aromatic rings. The predicted octanol–water partition coefficient (Wildman–Crippen LogP) is 2.54. The van der Waals surface area contributed by atoms with Crippen molar-refractivity contribution in [3.8, 4) is 0 Å². The first-order valence-corrected chi connectivity index (χ1v) is 8.48. The summed E-state index contributed by atoms with van der Waals surface area (Å²) in [6.45, 7) is 1.80. The summed E-state index contributed by atoms with van der Waals surface area (Å²) < 4.78 is 4.91. The molecular formula is C16H26N2O3. The van der Waals surface area contributed by atoms with Crippen molar-refractivity contribution in [2.45, 2.75) is 69.9 Å². The second-order valence-electron chi connectivity index (χ2n) is 6.53. The molecule has 2 amide bonds. The number of hydrogen-bond acceptors (Lipinski definition) is 3. The van der Waals surface area contributed by atoms with E-state index in [1.54, 1.807) is 4.90 Å². The van der Waals surface area contributed by atoms with Gasteiger partial charge >= 0.3 is 6.09 Å². The Morgan fingerprint density at radius 3 is 2.48 bits per heavy atom. The summed E-state index contributed by atoms with van der Waals surface area (Å²) in [7, 11) is 0. The second kappa shape index (κ2) is 6.67. The van der Waals surface area contributed by atoms with Gasteiger partial charge in [0.15, 0.2) is 0 Å². The van der Waals surface area contributed by atoms with Crippen LogP contribution in [0.3, 0.4) is 0 Å². The monoisotopic (exact) mass is 294 g/mol. The molecule has 3 fully saturated rings. The molecule has 0 radical (unpaired) electrons. The van der Waals surface area contributed by atoms with Gasteiger partial charge in [-0.3, -0.25) is 4.79 Å². The highest BCUT2D eigenvalue weighted by atomic mass is 16.6. The van der Waals surface area contributed by atoms with E-state index in [2.05, 4.69) is 4.90 Å². The van der Waals surface area contributed by atoms with E-state index >= 15 is 0 Å². The average Bonchev–Trinajstić information content (AvgIpc) is 3.24. The zero-order valence-corrected chi connectivity index (χ0v) is 12.8. The topological polar surface area (TPSA) is 49.9 Å². The zero-order valence-electron chi connectivity index (χ0n) is 12.8. The molecule has 0 unspecified atom stereocenters. The first kappa shape index (κ1) is 14.7. The molecule has 2 saturated carbocycles. The minimum Gasteiger partial charge on any atom is -0.448 e. The van der Waals surface area contributed by atoms with Crippen LogP contribution < -0.4 is 0 Å². The van der Waals surface area contributed by atoms with E-state index in [0.717, 1.165) is 6.42 Å². The van der Waals surface area contributed by atoms with Crippen molar-refractivity contribution in [1.29, 1.82) is 0 Å². The quantitative estimate of drug-likeness (QED) is 0.756. The summed E-state index contributed by atoms with van der Waals surface area (Å²) in [6.07, 6.45) is 9.67. The SMILES string of the molecule is O=C1OCCN1CCCC(=O)N(C1CCCCC1)C1CC1. The maximum atomic E-state index is 12.6. The predicted molar refractivity (Wildman–Crippen MR) is 78.9 cm³/mol. The van der Waals surface area contributed by atoms with Crippen LogP contribution in [0.5, 0.6) is 0 Å². The van der Waals surface area contributed by atoms with Gasteiger partial charge in [0.05, 0.1) is 6.54 Å². The standard InChI is InChI=1S/C16H26N2O3/c19-15(7-4-10-17-11-12-21-16(17)20)18(14-8-9-14)13-5-2-1-3-6-13/h13-14H,1-12H2. The van der Waals surface area contributed by atoms with Crippen molar-refractivity contribution in [3.05, 3.63) is 0 Å². The average molecular weight is 294 g/mol. The molecule has 2 aliphatic carbocycles. The molecule has 0 aromatic heterocycles. The lowest BCUT2D eigenvalue weighted by Gasteiger charge is -2.35. The van der Waals surface area contributed by atoms with E-state index in [0.29, 0.717) is 44.1 Å². The molecule has 1 heterocycles. The van der Waals surface area contributed by atoms with Crippen molar-refractivity contribution in [3.63, 3.8) is 0 Å². The smallest absolute Gasteiger partial charge is 0.409 e. The largest absolute Gasteiger partial charge is 0.448 e. The highest BCUT2D eigenvalue weighted by Gasteiger charge is 2.37. The van der Waals surface area contributed by atoms with Gasteiger partial charge in [0, 0.05) is 25.0 Å². The molecule has 5 heteroatoms. The molecule has 0 spiro atoms. The number of carbonyl (C=O) groups is 2. The molecule has 0 bridgehead atoms. The van der Waals surface area contributed by atoms with Crippen LogP contribution in [0.25, 0.3) is 0 Å². The van der Waals surface area contributed by atoms with Gasteiger partial charge in [-0.2, -0.15) is 0 Å². The lowest BCUT2D eigenvalue weighted by molar-refractivity contribution is -0.135. The van der Waals surface area contributed by atoms with Gasteiger partial charge in [0.25, 0.3) is 0 Å². The number of rotatable bonds is 6. The summed E-state index contributed by atoms with van der Waals surface area (Å²) in [5.41, 5.74) is 0. The molecule has 3 aliphatic rings. The Hall–Kier alpha value is -1.26. The molecule has 0 N–H and O–H groups in total. The maximum absolute atomic E-state index is 12.6. The number of nitrogens with zero attached hydrogens (tertiary/aromatic N) is 2. The summed E-state index contributed by atoms with van der Waals surface area (Å²) >= 11 is 0. The Balaban J connectivity index is 1.46. The summed E-state index contributed by atoms with van der Waals surface area (Å²) in [5.74, 6) is 0.303. The highest BCUT2D eigenvalue weighted by Crippen LogP contribution is 2.34. The fourth-order valence-electron chi connectivity index (χ4n) is 3.60. The molecule has 5 nitrogen and oxygen atoms in total. The van der Waals surface area contributed by atoms with E-state index in [-0.39, 0.29) is 6.09 Å². The molecular weight excluding hydrogens is 268 g/mol. The van der Waals surface area contributed by atoms with Crippen LogP contribution in [0.1, 0.15) is 57.8 Å². The fourth-order valence-corrected chi connectivity index (χ4v) is 3.60. The lowest BCUT2D eigenvalue weighted by Crippen LogP contribution is -2.43. The van der Waals surface area contributed by atoms with E-state index < -0.39 is 0 Å². The lowest BCUT2D eigenvalue weighted by atomic mass is 9.93. The number of amides is 2.